The molecule has 0 radical (unpaired) electrons. The Morgan fingerprint density at radius 3 is 3.19 bits per heavy atom. The van der Waals surface area contributed by atoms with Gasteiger partial charge in [-0.15, -0.1) is 0 Å². The zero-order valence-corrected chi connectivity index (χ0v) is 9.14. The van der Waals surface area contributed by atoms with Gasteiger partial charge in [-0.1, -0.05) is 0 Å². The summed E-state index contributed by atoms with van der Waals surface area (Å²) in [6.45, 7) is 1.98. The number of hydrogen-bond acceptors (Lipinski definition) is 4. The van der Waals surface area contributed by atoms with Crippen LogP contribution in [0, 0.1) is 0 Å². The van der Waals surface area contributed by atoms with Gasteiger partial charge >= 0.3 is 0 Å². The highest BCUT2D eigenvalue weighted by Crippen LogP contribution is 2.18. The van der Waals surface area contributed by atoms with E-state index >= 15 is 0 Å². The van der Waals surface area contributed by atoms with Crippen LogP contribution in [0.1, 0.15) is 11.3 Å². The minimum Gasteiger partial charge on any atom is -0.300 e. The van der Waals surface area contributed by atoms with Crippen molar-refractivity contribution >= 4 is 0 Å². The van der Waals surface area contributed by atoms with Crippen molar-refractivity contribution in [3.63, 3.8) is 0 Å². The summed E-state index contributed by atoms with van der Waals surface area (Å²) in [5, 5.41) is 6.79. The van der Waals surface area contributed by atoms with Gasteiger partial charge in [0.05, 0.1) is 5.69 Å². The summed E-state index contributed by atoms with van der Waals surface area (Å²) in [6.07, 6.45) is 4.69. The number of aromatic amines is 1. The molecule has 0 atom stereocenters. The van der Waals surface area contributed by atoms with Crippen LogP contribution in [0.25, 0.3) is 11.5 Å². The van der Waals surface area contributed by atoms with Crippen LogP contribution in [-0.2, 0) is 13.0 Å². The second-order valence-corrected chi connectivity index (χ2v) is 4.12. The molecule has 0 fully saturated rings. The Morgan fingerprint density at radius 1 is 1.44 bits per heavy atom. The van der Waals surface area contributed by atoms with Crippen molar-refractivity contribution in [3.05, 3.63) is 29.7 Å². The average Bonchev–Trinajstić information content (AvgIpc) is 2.81. The largest absolute Gasteiger partial charge is 0.300 e. The average molecular weight is 215 g/mol. The van der Waals surface area contributed by atoms with Crippen molar-refractivity contribution in [1.82, 2.24) is 25.1 Å². The molecule has 0 spiro atoms. The molecule has 0 saturated heterocycles. The summed E-state index contributed by atoms with van der Waals surface area (Å²) in [5.74, 6) is 0.728. The monoisotopic (exact) mass is 215 g/mol. The molecule has 2 aromatic rings. The number of H-pyrrole nitrogens is 1. The Labute approximate surface area is 93.5 Å². The first-order valence-electron chi connectivity index (χ1n) is 5.36. The fourth-order valence-corrected chi connectivity index (χ4v) is 1.94. The van der Waals surface area contributed by atoms with E-state index in [0.29, 0.717) is 0 Å². The molecule has 16 heavy (non-hydrogen) atoms. The Kier molecular flexibility index (Phi) is 2.18. The molecule has 0 saturated carbocycles. The minimum atomic E-state index is 0.728. The molecule has 0 aliphatic carbocycles. The summed E-state index contributed by atoms with van der Waals surface area (Å²) >= 11 is 0. The van der Waals surface area contributed by atoms with E-state index < -0.39 is 0 Å². The van der Waals surface area contributed by atoms with Crippen molar-refractivity contribution in [3.8, 4) is 11.5 Å². The van der Waals surface area contributed by atoms with Crippen molar-refractivity contribution in [2.24, 2.45) is 0 Å². The van der Waals surface area contributed by atoms with Crippen molar-refractivity contribution in [1.29, 1.82) is 0 Å². The standard InChI is InChI=1S/C11H13N5/c1-16-5-3-8-6-12-11(14-10(8)7-16)9-2-4-13-15-9/h2,4,6H,3,5,7H2,1H3,(H,13,15). The third-order valence-electron chi connectivity index (χ3n) is 2.88. The van der Waals surface area contributed by atoms with Gasteiger partial charge in [0.25, 0.3) is 0 Å². The smallest absolute Gasteiger partial charge is 0.177 e. The molecule has 3 rings (SSSR count). The third-order valence-corrected chi connectivity index (χ3v) is 2.88. The van der Waals surface area contributed by atoms with Crippen molar-refractivity contribution in [2.45, 2.75) is 13.0 Å². The lowest BCUT2D eigenvalue weighted by Gasteiger charge is -2.23. The van der Waals surface area contributed by atoms with E-state index in [9.17, 15) is 0 Å². The first-order valence-corrected chi connectivity index (χ1v) is 5.36. The summed E-state index contributed by atoms with van der Waals surface area (Å²) in [4.78, 5) is 11.2. The van der Waals surface area contributed by atoms with Gasteiger partial charge < -0.3 is 4.90 Å². The lowest BCUT2D eigenvalue weighted by molar-refractivity contribution is 0.307. The van der Waals surface area contributed by atoms with E-state index in [1.165, 1.54) is 5.56 Å². The highest BCUT2D eigenvalue weighted by molar-refractivity contribution is 5.48. The zero-order valence-electron chi connectivity index (χ0n) is 9.14. The summed E-state index contributed by atoms with van der Waals surface area (Å²) < 4.78 is 0. The third kappa shape index (κ3) is 1.59. The van der Waals surface area contributed by atoms with E-state index in [0.717, 1.165) is 36.7 Å². The SMILES string of the molecule is CN1CCc2cnc(-c3ccn[nH]3)nc2C1. The molecule has 1 aliphatic rings. The summed E-state index contributed by atoms with van der Waals surface area (Å²) in [7, 11) is 2.11. The van der Waals surface area contributed by atoms with Gasteiger partial charge in [0, 0.05) is 25.5 Å². The topological polar surface area (TPSA) is 57.7 Å². The maximum Gasteiger partial charge on any atom is 0.177 e. The Hall–Kier alpha value is -1.75. The molecule has 2 aromatic heterocycles. The molecular weight excluding hydrogens is 202 g/mol. The molecule has 3 heterocycles. The first-order chi connectivity index (χ1) is 7.83. The number of nitrogens with zero attached hydrogens (tertiary/aromatic N) is 4. The molecule has 82 valence electrons. The van der Waals surface area contributed by atoms with Crippen LogP contribution in [-0.4, -0.2) is 38.7 Å². The summed E-state index contributed by atoms with van der Waals surface area (Å²) in [5.41, 5.74) is 3.27. The quantitative estimate of drug-likeness (QED) is 0.766. The Morgan fingerprint density at radius 2 is 2.38 bits per heavy atom. The fourth-order valence-electron chi connectivity index (χ4n) is 1.94. The molecule has 0 amide bonds. The molecule has 0 bridgehead atoms. The lowest BCUT2D eigenvalue weighted by Crippen LogP contribution is -2.27. The Bertz CT molecular complexity index is 491. The van der Waals surface area contributed by atoms with Crippen LogP contribution in [0.15, 0.2) is 18.5 Å². The highest BCUT2D eigenvalue weighted by atomic mass is 15.1. The predicted molar refractivity (Wildman–Crippen MR) is 59.7 cm³/mol. The number of nitrogens with one attached hydrogen (secondary N) is 1. The molecule has 5 heteroatoms. The maximum absolute atomic E-state index is 4.58. The van der Waals surface area contributed by atoms with Crippen molar-refractivity contribution in [2.75, 3.05) is 13.6 Å². The van der Waals surface area contributed by atoms with Crippen LogP contribution < -0.4 is 0 Å². The van der Waals surface area contributed by atoms with Crippen LogP contribution in [0.3, 0.4) is 0 Å². The van der Waals surface area contributed by atoms with Gasteiger partial charge in [-0.05, 0) is 25.1 Å². The number of aromatic nitrogens is 4. The van der Waals surface area contributed by atoms with Crippen LogP contribution in [0.5, 0.6) is 0 Å². The zero-order chi connectivity index (χ0) is 11.0. The van der Waals surface area contributed by atoms with Crippen LogP contribution in [0.2, 0.25) is 0 Å². The highest BCUT2D eigenvalue weighted by Gasteiger charge is 2.16. The normalized spacial score (nSPS) is 16.1. The molecule has 1 N–H and O–H groups in total. The lowest BCUT2D eigenvalue weighted by atomic mass is 10.1. The van der Waals surface area contributed by atoms with E-state index in [-0.39, 0.29) is 0 Å². The molecule has 0 unspecified atom stereocenters. The predicted octanol–water partition coefficient (Wildman–Crippen LogP) is 0.855. The van der Waals surface area contributed by atoms with Gasteiger partial charge in [0.1, 0.15) is 5.69 Å². The Balaban J connectivity index is 2.01. The van der Waals surface area contributed by atoms with E-state index in [4.69, 9.17) is 0 Å². The van der Waals surface area contributed by atoms with Gasteiger partial charge in [-0.2, -0.15) is 5.10 Å². The van der Waals surface area contributed by atoms with Gasteiger partial charge in [0.15, 0.2) is 5.82 Å². The van der Waals surface area contributed by atoms with E-state index in [1.807, 2.05) is 12.3 Å². The number of fused-ring (bicyclic) bond motifs is 1. The molecule has 5 nitrogen and oxygen atoms in total. The van der Waals surface area contributed by atoms with Crippen molar-refractivity contribution < 1.29 is 0 Å². The fraction of sp³-hybridized carbons (Fsp3) is 0.364. The molecular formula is C11H13N5. The minimum absolute atomic E-state index is 0.728. The number of rotatable bonds is 1. The second-order valence-electron chi connectivity index (χ2n) is 4.12. The maximum atomic E-state index is 4.58. The van der Waals surface area contributed by atoms with Gasteiger partial charge in [0.2, 0.25) is 0 Å². The van der Waals surface area contributed by atoms with Gasteiger partial charge in [-0.25, -0.2) is 9.97 Å². The van der Waals surface area contributed by atoms with Crippen LogP contribution in [0.4, 0.5) is 0 Å². The van der Waals surface area contributed by atoms with E-state index in [1.54, 1.807) is 6.20 Å². The van der Waals surface area contributed by atoms with Gasteiger partial charge in [-0.3, -0.25) is 5.10 Å². The number of likely N-dealkylation sites (N-methyl/N-ethyl adjacent to an activating group) is 1. The summed E-state index contributed by atoms with van der Waals surface area (Å²) in [6, 6.07) is 1.88. The number of hydrogen-bond donors (Lipinski definition) is 1. The van der Waals surface area contributed by atoms with E-state index in [2.05, 4.69) is 32.1 Å². The second kappa shape index (κ2) is 3.68. The molecule has 1 aliphatic heterocycles. The first kappa shape index (κ1) is 9.47. The van der Waals surface area contributed by atoms with Crippen LogP contribution >= 0.6 is 0 Å². The molecule has 0 aromatic carbocycles.